The SMILES string of the molecule is O=C(COC(=O)c1cc2c(s1)CCCC2)NNC(=O)c1ccccc1. The van der Waals surface area contributed by atoms with Gasteiger partial charge in [0.05, 0.1) is 0 Å². The van der Waals surface area contributed by atoms with Gasteiger partial charge in [-0.1, -0.05) is 18.2 Å². The Kier molecular flexibility index (Phi) is 5.45. The van der Waals surface area contributed by atoms with Gasteiger partial charge in [-0.25, -0.2) is 4.79 Å². The summed E-state index contributed by atoms with van der Waals surface area (Å²) in [5, 5.41) is 0. The second kappa shape index (κ2) is 7.94. The predicted molar refractivity (Wildman–Crippen MR) is 93.3 cm³/mol. The van der Waals surface area contributed by atoms with E-state index in [4.69, 9.17) is 4.74 Å². The Hall–Kier alpha value is -2.67. The smallest absolute Gasteiger partial charge is 0.348 e. The Morgan fingerprint density at radius 2 is 1.80 bits per heavy atom. The van der Waals surface area contributed by atoms with Crippen LogP contribution in [0.25, 0.3) is 0 Å². The van der Waals surface area contributed by atoms with Gasteiger partial charge in [-0.3, -0.25) is 20.4 Å². The molecule has 0 spiro atoms. The number of hydrogen-bond acceptors (Lipinski definition) is 5. The normalized spacial score (nSPS) is 12.8. The standard InChI is InChI=1S/C18H18N2O4S/c21-16(19-20-17(22)12-6-2-1-3-7-12)11-24-18(23)15-10-13-8-4-5-9-14(13)25-15/h1-3,6-7,10H,4-5,8-9,11H2,(H,19,21)(H,20,22). The van der Waals surface area contributed by atoms with E-state index in [0.717, 1.165) is 25.7 Å². The van der Waals surface area contributed by atoms with Crippen LogP contribution in [0.15, 0.2) is 36.4 Å². The summed E-state index contributed by atoms with van der Waals surface area (Å²) in [6.07, 6.45) is 4.28. The molecule has 130 valence electrons. The molecular weight excluding hydrogens is 340 g/mol. The second-order valence-corrected chi connectivity index (χ2v) is 6.85. The van der Waals surface area contributed by atoms with Gasteiger partial charge in [0.1, 0.15) is 4.88 Å². The molecular formula is C18H18N2O4S. The lowest BCUT2D eigenvalue weighted by atomic mass is 9.99. The highest BCUT2D eigenvalue weighted by molar-refractivity contribution is 7.14. The van der Waals surface area contributed by atoms with Crippen molar-refractivity contribution in [2.45, 2.75) is 25.7 Å². The number of carbonyl (C=O) groups excluding carboxylic acids is 3. The van der Waals surface area contributed by atoms with Crippen LogP contribution in [-0.4, -0.2) is 24.4 Å². The van der Waals surface area contributed by atoms with Crippen LogP contribution < -0.4 is 10.9 Å². The zero-order valence-electron chi connectivity index (χ0n) is 13.5. The van der Waals surface area contributed by atoms with Crippen LogP contribution in [0, 0.1) is 0 Å². The number of aryl methyl sites for hydroxylation is 2. The van der Waals surface area contributed by atoms with E-state index in [1.165, 1.54) is 21.8 Å². The van der Waals surface area contributed by atoms with E-state index in [1.807, 2.05) is 6.07 Å². The first-order chi connectivity index (χ1) is 12.1. The first kappa shape index (κ1) is 17.2. The molecule has 1 aliphatic rings. The highest BCUT2D eigenvalue weighted by Gasteiger charge is 2.19. The summed E-state index contributed by atoms with van der Waals surface area (Å²) in [4.78, 5) is 37.3. The zero-order valence-corrected chi connectivity index (χ0v) is 14.4. The number of carbonyl (C=O) groups is 3. The third kappa shape index (κ3) is 4.45. The lowest BCUT2D eigenvalue weighted by Crippen LogP contribution is -2.43. The Balaban J connectivity index is 1.45. The van der Waals surface area contributed by atoms with E-state index in [1.54, 1.807) is 30.3 Å². The fourth-order valence-corrected chi connectivity index (χ4v) is 3.77. The summed E-state index contributed by atoms with van der Waals surface area (Å²) in [7, 11) is 0. The molecule has 0 fully saturated rings. The second-order valence-electron chi connectivity index (χ2n) is 5.71. The molecule has 7 heteroatoms. The topological polar surface area (TPSA) is 84.5 Å². The highest BCUT2D eigenvalue weighted by Crippen LogP contribution is 2.29. The number of nitrogens with one attached hydrogen (secondary N) is 2. The Labute approximate surface area is 149 Å². The molecule has 0 radical (unpaired) electrons. The largest absolute Gasteiger partial charge is 0.451 e. The molecule has 0 atom stereocenters. The van der Waals surface area contributed by atoms with Crippen LogP contribution >= 0.6 is 11.3 Å². The molecule has 1 aromatic heterocycles. The molecule has 1 aliphatic carbocycles. The fraction of sp³-hybridized carbons (Fsp3) is 0.278. The minimum atomic E-state index is -0.598. The van der Waals surface area contributed by atoms with Gasteiger partial charge in [0, 0.05) is 10.4 Å². The van der Waals surface area contributed by atoms with Crippen LogP contribution in [-0.2, 0) is 22.4 Å². The van der Waals surface area contributed by atoms with Crippen molar-refractivity contribution in [2.24, 2.45) is 0 Å². The van der Waals surface area contributed by atoms with Crippen molar-refractivity contribution in [1.82, 2.24) is 10.9 Å². The van der Waals surface area contributed by atoms with Gasteiger partial charge in [0.25, 0.3) is 11.8 Å². The number of benzene rings is 1. The minimum absolute atomic E-state index is 0.420. The molecule has 25 heavy (non-hydrogen) atoms. The van der Waals surface area contributed by atoms with Gasteiger partial charge in [-0.15, -0.1) is 11.3 Å². The minimum Gasteiger partial charge on any atom is -0.451 e. The first-order valence-electron chi connectivity index (χ1n) is 8.06. The van der Waals surface area contributed by atoms with Crippen LogP contribution in [0.4, 0.5) is 0 Å². The summed E-state index contributed by atoms with van der Waals surface area (Å²) < 4.78 is 5.01. The first-order valence-corrected chi connectivity index (χ1v) is 8.88. The Bertz CT molecular complexity index is 762. The maximum atomic E-state index is 12.0. The monoisotopic (exact) mass is 358 g/mol. The van der Waals surface area contributed by atoms with Crippen molar-refractivity contribution in [3.8, 4) is 0 Å². The molecule has 1 heterocycles. The summed E-state index contributed by atoms with van der Waals surface area (Å²) in [6.45, 7) is -0.448. The van der Waals surface area contributed by atoms with Gasteiger partial charge >= 0.3 is 5.97 Å². The van der Waals surface area contributed by atoms with E-state index in [-0.39, 0.29) is 0 Å². The maximum absolute atomic E-state index is 12.0. The maximum Gasteiger partial charge on any atom is 0.348 e. The molecule has 2 N–H and O–H groups in total. The lowest BCUT2D eigenvalue weighted by molar-refractivity contribution is -0.125. The molecule has 1 aromatic carbocycles. The van der Waals surface area contributed by atoms with Crippen LogP contribution in [0.5, 0.6) is 0 Å². The number of thiophene rings is 1. The Morgan fingerprint density at radius 1 is 1.04 bits per heavy atom. The molecule has 0 aliphatic heterocycles. The van der Waals surface area contributed by atoms with E-state index < -0.39 is 24.4 Å². The van der Waals surface area contributed by atoms with Gasteiger partial charge in [0.15, 0.2) is 6.61 Å². The molecule has 3 rings (SSSR count). The summed E-state index contributed by atoms with van der Waals surface area (Å²) in [5.41, 5.74) is 6.13. The molecule has 2 amide bonds. The molecule has 0 unspecified atom stereocenters. The number of rotatable bonds is 4. The number of hydrazine groups is 1. The third-order valence-electron chi connectivity index (χ3n) is 3.88. The molecule has 6 nitrogen and oxygen atoms in total. The summed E-state index contributed by atoms with van der Waals surface area (Å²) in [6, 6.07) is 10.3. The number of fused-ring (bicyclic) bond motifs is 1. The Morgan fingerprint density at radius 3 is 2.56 bits per heavy atom. The predicted octanol–water partition coefficient (Wildman–Crippen LogP) is 2.24. The van der Waals surface area contributed by atoms with Crippen molar-refractivity contribution >= 4 is 29.1 Å². The molecule has 0 saturated heterocycles. The summed E-state index contributed by atoms with van der Waals surface area (Å²) in [5.74, 6) is -1.55. The van der Waals surface area contributed by atoms with Crippen molar-refractivity contribution in [3.63, 3.8) is 0 Å². The van der Waals surface area contributed by atoms with Crippen molar-refractivity contribution in [1.29, 1.82) is 0 Å². The molecule has 2 aromatic rings. The van der Waals surface area contributed by atoms with E-state index in [2.05, 4.69) is 10.9 Å². The van der Waals surface area contributed by atoms with Gasteiger partial charge in [-0.05, 0) is 49.4 Å². The van der Waals surface area contributed by atoms with Gasteiger partial charge < -0.3 is 4.74 Å². The lowest BCUT2D eigenvalue weighted by Gasteiger charge is -2.08. The van der Waals surface area contributed by atoms with E-state index in [0.29, 0.717) is 10.4 Å². The number of ether oxygens (including phenoxy) is 1. The molecule has 0 bridgehead atoms. The van der Waals surface area contributed by atoms with Crippen LogP contribution in [0.3, 0.4) is 0 Å². The number of esters is 1. The van der Waals surface area contributed by atoms with Crippen molar-refractivity contribution in [2.75, 3.05) is 6.61 Å². The summed E-state index contributed by atoms with van der Waals surface area (Å²) >= 11 is 1.43. The van der Waals surface area contributed by atoms with E-state index >= 15 is 0 Å². The zero-order chi connectivity index (χ0) is 17.6. The van der Waals surface area contributed by atoms with E-state index in [9.17, 15) is 14.4 Å². The van der Waals surface area contributed by atoms with Gasteiger partial charge in [-0.2, -0.15) is 0 Å². The average molecular weight is 358 g/mol. The van der Waals surface area contributed by atoms with Crippen molar-refractivity contribution < 1.29 is 19.1 Å². The number of hydrogen-bond donors (Lipinski definition) is 2. The van der Waals surface area contributed by atoms with Crippen LogP contribution in [0.1, 0.15) is 43.3 Å². The van der Waals surface area contributed by atoms with Gasteiger partial charge in [0.2, 0.25) is 0 Å². The van der Waals surface area contributed by atoms with Crippen LogP contribution in [0.2, 0.25) is 0 Å². The average Bonchev–Trinajstić information content (AvgIpc) is 3.09. The fourth-order valence-electron chi connectivity index (χ4n) is 2.62. The highest BCUT2D eigenvalue weighted by atomic mass is 32.1. The number of amides is 2. The molecule has 0 saturated carbocycles. The third-order valence-corrected chi connectivity index (χ3v) is 5.10. The van der Waals surface area contributed by atoms with Crippen molar-refractivity contribution in [3.05, 3.63) is 57.3 Å². The quantitative estimate of drug-likeness (QED) is 0.648.